The zero-order chi connectivity index (χ0) is 13.0. The third kappa shape index (κ3) is 3.72. The number of ether oxygens (including phenoxy) is 1. The molecule has 0 atom stereocenters. The van der Waals surface area contributed by atoms with Gasteiger partial charge in [0.15, 0.2) is 0 Å². The maximum atomic E-state index is 11.9. The molecule has 1 fully saturated rings. The van der Waals surface area contributed by atoms with Crippen LogP contribution in [0.25, 0.3) is 0 Å². The Balaban J connectivity index is 1.92. The standard InChI is InChI=1S/C14H18ClNO2/c1-10-2-3-12(15)9-13(10)16-14(17)8-11-4-6-18-7-5-11/h2-3,9,11H,4-8H2,1H3,(H,16,17). The lowest BCUT2D eigenvalue weighted by Gasteiger charge is -2.21. The van der Waals surface area contributed by atoms with Gasteiger partial charge in [-0.05, 0) is 43.4 Å². The molecule has 1 saturated heterocycles. The molecule has 0 bridgehead atoms. The second kappa shape index (κ2) is 6.21. The minimum absolute atomic E-state index is 0.0623. The van der Waals surface area contributed by atoms with Crippen molar-refractivity contribution in [3.8, 4) is 0 Å². The van der Waals surface area contributed by atoms with Crippen LogP contribution in [0.15, 0.2) is 18.2 Å². The molecule has 1 aliphatic rings. The van der Waals surface area contributed by atoms with Crippen LogP contribution in [0.4, 0.5) is 5.69 Å². The first-order valence-corrected chi connectivity index (χ1v) is 6.66. The number of aryl methyl sites for hydroxylation is 1. The molecular formula is C14H18ClNO2. The predicted molar refractivity (Wildman–Crippen MR) is 73.0 cm³/mol. The number of hydrogen-bond acceptors (Lipinski definition) is 2. The first-order valence-electron chi connectivity index (χ1n) is 6.29. The van der Waals surface area contributed by atoms with Gasteiger partial charge < -0.3 is 10.1 Å². The van der Waals surface area contributed by atoms with Crippen molar-refractivity contribution in [3.63, 3.8) is 0 Å². The number of nitrogens with one attached hydrogen (secondary N) is 1. The van der Waals surface area contributed by atoms with Gasteiger partial charge in [0.2, 0.25) is 5.91 Å². The Morgan fingerprint density at radius 1 is 1.44 bits per heavy atom. The first kappa shape index (κ1) is 13.4. The van der Waals surface area contributed by atoms with Crippen LogP contribution in [0, 0.1) is 12.8 Å². The molecule has 1 N–H and O–H groups in total. The van der Waals surface area contributed by atoms with Gasteiger partial charge in [0, 0.05) is 30.3 Å². The minimum atomic E-state index is 0.0623. The molecule has 1 aromatic carbocycles. The van der Waals surface area contributed by atoms with E-state index < -0.39 is 0 Å². The first-order chi connectivity index (χ1) is 8.65. The Morgan fingerprint density at radius 2 is 2.17 bits per heavy atom. The molecule has 0 aliphatic carbocycles. The smallest absolute Gasteiger partial charge is 0.224 e. The highest BCUT2D eigenvalue weighted by Gasteiger charge is 2.17. The zero-order valence-corrected chi connectivity index (χ0v) is 11.3. The van der Waals surface area contributed by atoms with Crippen molar-refractivity contribution >= 4 is 23.2 Å². The topological polar surface area (TPSA) is 38.3 Å². The van der Waals surface area contributed by atoms with Gasteiger partial charge in [-0.3, -0.25) is 4.79 Å². The largest absolute Gasteiger partial charge is 0.381 e. The van der Waals surface area contributed by atoms with E-state index in [-0.39, 0.29) is 5.91 Å². The highest BCUT2D eigenvalue weighted by atomic mass is 35.5. The Morgan fingerprint density at radius 3 is 2.89 bits per heavy atom. The van der Waals surface area contributed by atoms with E-state index in [4.69, 9.17) is 16.3 Å². The molecule has 4 heteroatoms. The molecule has 1 amide bonds. The lowest BCUT2D eigenvalue weighted by molar-refractivity contribution is -0.117. The van der Waals surface area contributed by atoms with Crippen LogP contribution in [0.5, 0.6) is 0 Å². The zero-order valence-electron chi connectivity index (χ0n) is 10.5. The van der Waals surface area contributed by atoms with Gasteiger partial charge in [-0.15, -0.1) is 0 Å². The average molecular weight is 268 g/mol. The summed E-state index contributed by atoms with van der Waals surface area (Å²) in [6.45, 7) is 3.50. The van der Waals surface area contributed by atoms with Crippen LogP contribution in [0.2, 0.25) is 5.02 Å². The molecule has 98 valence electrons. The molecule has 2 rings (SSSR count). The van der Waals surface area contributed by atoms with Crippen molar-refractivity contribution in [3.05, 3.63) is 28.8 Å². The molecule has 0 unspecified atom stereocenters. The Labute approximate surface area is 112 Å². The second-order valence-electron chi connectivity index (χ2n) is 4.77. The van der Waals surface area contributed by atoms with Crippen molar-refractivity contribution in [2.75, 3.05) is 18.5 Å². The number of rotatable bonds is 3. The van der Waals surface area contributed by atoms with E-state index in [1.54, 1.807) is 6.07 Å². The summed E-state index contributed by atoms with van der Waals surface area (Å²) in [4.78, 5) is 11.9. The number of halogens is 1. The van der Waals surface area contributed by atoms with E-state index in [1.807, 2.05) is 19.1 Å². The van der Waals surface area contributed by atoms with E-state index in [0.717, 1.165) is 37.3 Å². The van der Waals surface area contributed by atoms with Gasteiger partial charge >= 0.3 is 0 Å². The Kier molecular flexibility index (Phi) is 4.61. The fourth-order valence-corrected chi connectivity index (χ4v) is 2.31. The number of carbonyl (C=O) groups is 1. The van der Waals surface area contributed by atoms with E-state index in [2.05, 4.69) is 5.32 Å². The van der Waals surface area contributed by atoms with Crippen LogP contribution in [-0.4, -0.2) is 19.1 Å². The Hall–Kier alpha value is -1.06. The maximum Gasteiger partial charge on any atom is 0.224 e. The SMILES string of the molecule is Cc1ccc(Cl)cc1NC(=O)CC1CCOCC1. The fraction of sp³-hybridized carbons (Fsp3) is 0.500. The Bertz CT molecular complexity index is 428. The summed E-state index contributed by atoms with van der Waals surface area (Å²) in [6, 6.07) is 5.52. The van der Waals surface area contributed by atoms with Crippen LogP contribution < -0.4 is 5.32 Å². The minimum Gasteiger partial charge on any atom is -0.381 e. The summed E-state index contributed by atoms with van der Waals surface area (Å²) in [5.74, 6) is 0.505. The highest BCUT2D eigenvalue weighted by Crippen LogP contribution is 2.22. The van der Waals surface area contributed by atoms with Crippen molar-refractivity contribution in [2.24, 2.45) is 5.92 Å². The van der Waals surface area contributed by atoms with Crippen molar-refractivity contribution < 1.29 is 9.53 Å². The molecule has 0 radical (unpaired) electrons. The molecule has 1 aromatic rings. The quantitative estimate of drug-likeness (QED) is 0.911. The number of benzene rings is 1. The second-order valence-corrected chi connectivity index (χ2v) is 5.20. The van der Waals surface area contributed by atoms with Crippen LogP contribution in [0.3, 0.4) is 0 Å². The van der Waals surface area contributed by atoms with Gasteiger partial charge in [-0.1, -0.05) is 17.7 Å². The summed E-state index contributed by atoms with van der Waals surface area (Å²) in [5.41, 5.74) is 1.83. The number of amides is 1. The van der Waals surface area contributed by atoms with Crippen LogP contribution in [-0.2, 0) is 9.53 Å². The summed E-state index contributed by atoms with van der Waals surface area (Å²) in [5, 5.41) is 3.57. The van der Waals surface area contributed by atoms with E-state index in [1.165, 1.54) is 0 Å². The molecule has 1 aliphatic heterocycles. The lowest BCUT2D eigenvalue weighted by Crippen LogP contribution is -2.22. The summed E-state index contributed by atoms with van der Waals surface area (Å²) in [7, 11) is 0. The van der Waals surface area contributed by atoms with Crippen molar-refractivity contribution in [2.45, 2.75) is 26.2 Å². The number of carbonyl (C=O) groups excluding carboxylic acids is 1. The highest BCUT2D eigenvalue weighted by molar-refractivity contribution is 6.31. The molecule has 0 aromatic heterocycles. The molecule has 1 heterocycles. The third-order valence-electron chi connectivity index (χ3n) is 3.29. The van der Waals surface area contributed by atoms with E-state index in [0.29, 0.717) is 17.4 Å². The third-order valence-corrected chi connectivity index (χ3v) is 3.52. The van der Waals surface area contributed by atoms with Crippen molar-refractivity contribution in [1.29, 1.82) is 0 Å². The fourth-order valence-electron chi connectivity index (χ4n) is 2.14. The van der Waals surface area contributed by atoms with Gasteiger partial charge in [0.05, 0.1) is 0 Å². The normalized spacial score (nSPS) is 16.6. The van der Waals surface area contributed by atoms with Gasteiger partial charge in [0.1, 0.15) is 0 Å². The number of hydrogen-bond donors (Lipinski definition) is 1. The van der Waals surface area contributed by atoms with Gasteiger partial charge in [-0.25, -0.2) is 0 Å². The van der Waals surface area contributed by atoms with Gasteiger partial charge in [0.25, 0.3) is 0 Å². The van der Waals surface area contributed by atoms with E-state index in [9.17, 15) is 4.79 Å². The molecule has 0 saturated carbocycles. The molecule has 3 nitrogen and oxygen atoms in total. The number of anilines is 1. The molecule has 18 heavy (non-hydrogen) atoms. The van der Waals surface area contributed by atoms with E-state index >= 15 is 0 Å². The monoisotopic (exact) mass is 267 g/mol. The molecular weight excluding hydrogens is 250 g/mol. The summed E-state index contributed by atoms with van der Waals surface area (Å²) >= 11 is 5.92. The van der Waals surface area contributed by atoms with Crippen LogP contribution >= 0.6 is 11.6 Å². The summed E-state index contributed by atoms with van der Waals surface area (Å²) in [6.07, 6.45) is 2.51. The van der Waals surface area contributed by atoms with Crippen molar-refractivity contribution in [1.82, 2.24) is 0 Å². The average Bonchev–Trinajstić information content (AvgIpc) is 2.35. The predicted octanol–water partition coefficient (Wildman–Crippen LogP) is 3.40. The summed E-state index contributed by atoms with van der Waals surface area (Å²) < 4.78 is 5.29. The van der Waals surface area contributed by atoms with Crippen LogP contribution in [0.1, 0.15) is 24.8 Å². The van der Waals surface area contributed by atoms with Gasteiger partial charge in [-0.2, -0.15) is 0 Å². The molecule has 0 spiro atoms. The maximum absolute atomic E-state index is 11.9. The lowest BCUT2D eigenvalue weighted by atomic mass is 9.96.